The van der Waals surface area contributed by atoms with Crippen LogP contribution in [0.5, 0.6) is 0 Å². The van der Waals surface area contributed by atoms with Gasteiger partial charge in [-0.25, -0.2) is 14.4 Å². The summed E-state index contributed by atoms with van der Waals surface area (Å²) in [5.74, 6) is 1.20. The molecule has 0 spiro atoms. The summed E-state index contributed by atoms with van der Waals surface area (Å²) in [6.45, 7) is 5.80. The van der Waals surface area contributed by atoms with Gasteiger partial charge in [-0.15, -0.1) is 0 Å². The SMILES string of the molecule is CC1c2c(N3CCCC3=O)nc(-c3nc([C@H](C)OCc4ccccc4)ns3)n2CCN1C(=O)c1ccc(F)cc1. The molecule has 9 nitrogen and oxygen atoms in total. The molecule has 1 saturated heterocycles. The highest BCUT2D eigenvalue weighted by Crippen LogP contribution is 2.40. The van der Waals surface area contributed by atoms with E-state index >= 15 is 0 Å². The molecule has 2 aliphatic heterocycles. The maximum Gasteiger partial charge on any atom is 0.254 e. The van der Waals surface area contributed by atoms with Crippen LogP contribution in [0.25, 0.3) is 10.8 Å². The van der Waals surface area contributed by atoms with Gasteiger partial charge in [-0.1, -0.05) is 30.3 Å². The average molecular weight is 561 g/mol. The highest BCUT2D eigenvalue weighted by atomic mass is 32.1. The molecule has 1 fully saturated rings. The summed E-state index contributed by atoms with van der Waals surface area (Å²) in [5.41, 5.74) is 2.27. The lowest BCUT2D eigenvalue weighted by Gasteiger charge is -2.36. The average Bonchev–Trinajstić information content (AvgIpc) is 3.71. The zero-order valence-corrected chi connectivity index (χ0v) is 23.1. The zero-order valence-electron chi connectivity index (χ0n) is 22.3. The van der Waals surface area contributed by atoms with Crippen LogP contribution in [0.15, 0.2) is 54.6 Å². The standard InChI is InChI=1S/C29H29FN6O3S/c1-18-24-26(35-14-6-9-23(35)37)32-27(36(24)16-15-34(18)29(38)21-10-12-22(30)13-11-21)28-31-25(33-40-28)19(2)39-17-20-7-4-3-5-8-20/h3-5,7-8,10-13,18-19H,6,9,14-17H2,1-2H3/t18?,19-/m0/s1. The van der Waals surface area contributed by atoms with Gasteiger partial charge in [-0.3, -0.25) is 14.5 Å². The molecule has 0 saturated carbocycles. The third kappa shape index (κ3) is 4.90. The molecule has 40 heavy (non-hydrogen) atoms. The second-order valence-corrected chi connectivity index (χ2v) is 10.8. The molecule has 2 aromatic heterocycles. The van der Waals surface area contributed by atoms with E-state index < -0.39 is 5.82 Å². The van der Waals surface area contributed by atoms with Gasteiger partial charge in [0.2, 0.25) is 5.91 Å². The van der Waals surface area contributed by atoms with Gasteiger partial charge in [-0.2, -0.15) is 4.37 Å². The van der Waals surface area contributed by atoms with Gasteiger partial charge in [0.25, 0.3) is 5.91 Å². The number of imidazole rings is 1. The van der Waals surface area contributed by atoms with E-state index in [0.29, 0.717) is 60.7 Å². The van der Waals surface area contributed by atoms with Crippen LogP contribution in [0.2, 0.25) is 0 Å². The molecule has 4 aromatic rings. The molecule has 2 aliphatic rings. The molecule has 206 valence electrons. The Bertz CT molecular complexity index is 1540. The van der Waals surface area contributed by atoms with E-state index in [2.05, 4.69) is 8.94 Å². The van der Waals surface area contributed by atoms with Crippen LogP contribution in [-0.2, 0) is 22.7 Å². The number of hydrogen-bond donors (Lipinski definition) is 0. The Kier molecular flexibility index (Phi) is 7.16. The van der Waals surface area contributed by atoms with Crippen molar-refractivity contribution in [1.82, 2.24) is 23.8 Å². The first-order valence-electron chi connectivity index (χ1n) is 13.4. The molecule has 2 atom stereocenters. The number of aromatic nitrogens is 4. The zero-order chi connectivity index (χ0) is 27.8. The summed E-state index contributed by atoms with van der Waals surface area (Å²) in [7, 11) is 0. The maximum atomic E-state index is 13.5. The summed E-state index contributed by atoms with van der Waals surface area (Å²) in [5, 5.41) is 0.634. The normalized spacial score (nSPS) is 17.8. The summed E-state index contributed by atoms with van der Waals surface area (Å²) < 4.78 is 26.1. The monoisotopic (exact) mass is 560 g/mol. The first kappa shape index (κ1) is 26.3. The Morgan fingerprint density at radius 1 is 1.10 bits per heavy atom. The molecule has 0 N–H and O–H groups in total. The molecular formula is C29H29FN6O3S. The lowest BCUT2D eigenvalue weighted by molar-refractivity contribution is -0.117. The second-order valence-electron chi connectivity index (χ2n) is 10.0. The van der Waals surface area contributed by atoms with Crippen LogP contribution in [0.3, 0.4) is 0 Å². The Morgan fingerprint density at radius 3 is 2.60 bits per heavy atom. The van der Waals surface area contributed by atoms with Crippen molar-refractivity contribution in [2.45, 2.75) is 52.0 Å². The Balaban J connectivity index is 1.31. The van der Waals surface area contributed by atoms with Gasteiger partial charge >= 0.3 is 0 Å². The van der Waals surface area contributed by atoms with Crippen LogP contribution in [-0.4, -0.2) is 48.7 Å². The molecule has 0 radical (unpaired) electrons. The molecule has 2 amide bonds. The molecule has 6 rings (SSSR count). The van der Waals surface area contributed by atoms with Crippen molar-refractivity contribution in [1.29, 1.82) is 0 Å². The van der Waals surface area contributed by atoms with E-state index in [4.69, 9.17) is 14.7 Å². The Morgan fingerprint density at radius 2 is 1.88 bits per heavy atom. The maximum absolute atomic E-state index is 13.5. The van der Waals surface area contributed by atoms with E-state index in [-0.39, 0.29) is 24.0 Å². The minimum atomic E-state index is -0.392. The fraction of sp³-hybridized carbons (Fsp3) is 0.345. The summed E-state index contributed by atoms with van der Waals surface area (Å²) >= 11 is 1.24. The van der Waals surface area contributed by atoms with Crippen molar-refractivity contribution in [2.24, 2.45) is 0 Å². The minimum absolute atomic E-state index is 0.0162. The summed E-state index contributed by atoms with van der Waals surface area (Å²) in [4.78, 5) is 39.4. The van der Waals surface area contributed by atoms with Crippen LogP contribution >= 0.6 is 11.5 Å². The summed E-state index contributed by atoms with van der Waals surface area (Å²) in [6.07, 6.45) is 0.906. The van der Waals surface area contributed by atoms with Gasteiger partial charge < -0.3 is 14.2 Å². The lowest BCUT2D eigenvalue weighted by Crippen LogP contribution is -2.42. The Hall–Kier alpha value is -3.96. The fourth-order valence-electron chi connectivity index (χ4n) is 5.27. The highest BCUT2D eigenvalue weighted by molar-refractivity contribution is 7.09. The topological polar surface area (TPSA) is 93.5 Å². The molecule has 4 heterocycles. The van der Waals surface area contributed by atoms with E-state index in [1.165, 1.54) is 35.8 Å². The number of anilines is 1. The van der Waals surface area contributed by atoms with Crippen molar-refractivity contribution in [3.05, 3.63) is 83.1 Å². The predicted molar refractivity (Wildman–Crippen MR) is 148 cm³/mol. The number of benzene rings is 2. The summed E-state index contributed by atoms with van der Waals surface area (Å²) in [6, 6.07) is 15.1. The highest BCUT2D eigenvalue weighted by Gasteiger charge is 2.38. The van der Waals surface area contributed by atoms with Crippen molar-refractivity contribution < 1.29 is 18.7 Å². The minimum Gasteiger partial charge on any atom is -0.366 e. The van der Waals surface area contributed by atoms with Crippen LogP contribution in [0.1, 0.15) is 66.3 Å². The van der Waals surface area contributed by atoms with Crippen molar-refractivity contribution in [3.8, 4) is 10.8 Å². The van der Waals surface area contributed by atoms with Gasteiger partial charge in [0, 0.05) is 31.6 Å². The molecule has 0 aliphatic carbocycles. The van der Waals surface area contributed by atoms with E-state index in [1.807, 2.05) is 44.2 Å². The smallest absolute Gasteiger partial charge is 0.254 e. The van der Waals surface area contributed by atoms with E-state index in [0.717, 1.165) is 17.7 Å². The molecular weight excluding hydrogens is 531 g/mol. The predicted octanol–water partition coefficient (Wildman–Crippen LogP) is 5.16. The van der Waals surface area contributed by atoms with Gasteiger partial charge in [-0.05, 0) is 61.6 Å². The number of halogens is 1. The van der Waals surface area contributed by atoms with Crippen LogP contribution < -0.4 is 4.90 Å². The second kappa shape index (κ2) is 10.9. The third-order valence-corrected chi connectivity index (χ3v) is 8.16. The fourth-order valence-corrected chi connectivity index (χ4v) is 6.01. The van der Waals surface area contributed by atoms with Crippen LogP contribution in [0.4, 0.5) is 10.2 Å². The van der Waals surface area contributed by atoms with Crippen molar-refractivity contribution in [2.75, 3.05) is 18.0 Å². The Labute approximate surface area is 235 Å². The van der Waals surface area contributed by atoms with E-state index in [1.54, 1.807) is 9.80 Å². The quantitative estimate of drug-likeness (QED) is 0.310. The van der Waals surface area contributed by atoms with Gasteiger partial charge in [0.1, 0.15) is 11.9 Å². The van der Waals surface area contributed by atoms with Gasteiger partial charge in [0.15, 0.2) is 22.5 Å². The molecule has 11 heteroatoms. The number of ether oxygens (including phenoxy) is 1. The number of rotatable bonds is 7. The number of carbonyl (C=O) groups excluding carboxylic acids is 2. The van der Waals surface area contributed by atoms with Crippen molar-refractivity contribution >= 4 is 29.2 Å². The first-order chi connectivity index (χ1) is 19.4. The van der Waals surface area contributed by atoms with Gasteiger partial charge in [0.05, 0.1) is 18.3 Å². The molecule has 1 unspecified atom stereocenters. The number of carbonyl (C=O) groups is 2. The number of fused-ring (bicyclic) bond motifs is 1. The van der Waals surface area contributed by atoms with E-state index in [9.17, 15) is 14.0 Å². The molecule has 2 aromatic carbocycles. The number of amides is 2. The van der Waals surface area contributed by atoms with Crippen molar-refractivity contribution in [3.63, 3.8) is 0 Å². The largest absolute Gasteiger partial charge is 0.366 e. The lowest BCUT2D eigenvalue weighted by atomic mass is 10.1. The number of nitrogens with zero attached hydrogens (tertiary/aromatic N) is 6. The van der Waals surface area contributed by atoms with Crippen LogP contribution in [0, 0.1) is 5.82 Å². The molecule has 0 bridgehead atoms. The number of hydrogen-bond acceptors (Lipinski definition) is 7. The first-order valence-corrected chi connectivity index (χ1v) is 14.1. The third-order valence-electron chi connectivity index (χ3n) is 7.44.